The Morgan fingerprint density at radius 3 is 2.46 bits per heavy atom. The van der Waals surface area contributed by atoms with E-state index >= 15 is 0 Å². The molecular weight excluding hydrogens is 180 g/mol. The first-order chi connectivity index (χ1) is 6.22. The van der Waals surface area contributed by atoms with Gasteiger partial charge in [0, 0.05) is 10.5 Å². The van der Waals surface area contributed by atoms with E-state index in [1.165, 1.54) is 25.7 Å². The van der Waals surface area contributed by atoms with Gasteiger partial charge in [-0.1, -0.05) is 19.8 Å². The third-order valence-corrected chi connectivity index (χ3v) is 4.98. The highest BCUT2D eigenvalue weighted by atomic mass is 32.2. The molecule has 0 aromatic rings. The van der Waals surface area contributed by atoms with E-state index in [9.17, 15) is 5.11 Å². The minimum absolute atomic E-state index is 0.285. The minimum Gasteiger partial charge on any atom is -0.390 e. The van der Waals surface area contributed by atoms with Crippen LogP contribution in [0.5, 0.6) is 0 Å². The highest BCUT2D eigenvalue weighted by Crippen LogP contribution is 2.48. The zero-order valence-corrected chi connectivity index (χ0v) is 9.28. The van der Waals surface area contributed by atoms with Crippen molar-refractivity contribution in [3.8, 4) is 0 Å². The van der Waals surface area contributed by atoms with Gasteiger partial charge in [0.15, 0.2) is 0 Å². The SMILES string of the molecule is CCCCC1(O)CC2CCC(C1)S2. The minimum atomic E-state index is -0.285. The first kappa shape index (κ1) is 9.85. The van der Waals surface area contributed by atoms with Crippen LogP contribution in [0.25, 0.3) is 0 Å². The molecule has 2 heterocycles. The normalized spacial score (nSPS) is 43.8. The van der Waals surface area contributed by atoms with Crippen LogP contribution in [0.2, 0.25) is 0 Å². The van der Waals surface area contributed by atoms with Crippen LogP contribution in [0.1, 0.15) is 51.9 Å². The van der Waals surface area contributed by atoms with E-state index in [0.29, 0.717) is 0 Å². The Kier molecular flexibility index (Phi) is 2.89. The fraction of sp³-hybridized carbons (Fsp3) is 1.00. The molecule has 1 nitrogen and oxygen atoms in total. The molecule has 76 valence electrons. The molecular formula is C11H20OS. The van der Waals surface area contributed by atoms with Crippen molar-refractivity contribution in [2.45, 2.75) is 68.0 Å². The molecule has 0 radical (unpaired) electrons. The Hall–Kier alpha value is 0.310. The molecule has 2 aliphatic rings. The van der Waals surface area contributed by atoms with E-state index in [4.69, 9.17) is 0 Å². The van der Waals surface area contributed by atoms with E-state index in [0.717, 1.165) is 29.8 Å². The lowest BCUT2D eigenvalue weighted by Crippen LogP contribution is -2.37. The highest BCUT2D eigenvalue weighted by Gasteiger charge is 2.42. The lowest BCUT2D eigenvalue weighted by molar-refractivity contribution is 0.0134. The summed E-state index contributed by atoms with van der Waals surface area (Å²) in [4.78, 5) is 0. The summed E-state index contributed by atoms with van der Waals surface area (Å²) in [6.07, 6.45) is 8.28. The molecule has 1 N–H and O–H groups in total. The second-order valence-corrected chi connectivity index (χ2v) is 6.30. The molecule has 2 heteroatoms. The Balaban J connectivity index is 1.92. The van der Waals surface area contributed by atoms with Crippen molar-refractivity contribution in [2.24, 2.45) is 0 Å². The van der Waals surface area contributed by atoms with Crippen LogP contribution < -0.4 is 0 Å². The number of rotatable bonds is 3. The van der Waals surface area contributed by atoms with E-state index in [2.05, 4.69) is 18.7 Å². The molecule has 2 rings (SSSR count). The predicted molar refractivity (Wildman–Crippen MR) is 58.1 cm³/mol. The molecule has 2 fully saturated rings. The molecule has 2 saturated heterocycles. The summed E-state index contributed by atoms with van der Waals surface area (Å²) in [6, 6.07) is 0. The van der Waals surface area contributed by atoms with Gasteiger partial charge >= 0.3 is 0 Å². The van der Waals surface area contributed by atoms with Crippen LogP contribution in [0.3, 0.4) is 0 Å². The predicted octanol–water partition coefficient (Wildman–Crippen LogP) is 2.97. The second-order valence-electron chi connectivity index (χ2n) is 4.69. The van der Waals surface area contributed by atoms with Gasteiger partial charge in [0.2, 0.25) is 0 Å². The zero-order valence-electron chi connectivity index (χ0n) is 8.46. The second kappa shape index (κ2) is 3.82. The van der Waals surface area contributed by atoms with E-state index in [1.807, 2.05) is 0 Å². The van der Waals surface area contributed by atoms with Gasteiger partial charge in [-0.15, -0.1) is 0 Å². The zero-order chi connectivity index (χ0) is 9.31. The van der Waals surface area contributed by atoms with Crippen molar-refractivity contribution in [3.63, 3.8) is 0 Å². The summed E-state index contributed by atoms with van der Waals surface area (Å²) >= 11 is 2.13. The summed E-state index contributed by atoms with van der Waals surface area (Å²) in [5, 5.41) is 11.9. The van der Waals surface area contributed by atoms with Crippen LogP contribution in [-0.4, -0.2) is 21.2 Å². The maximum Gasteiger partial charge on any atom is 0.0668 e. The Morgan fingerprint density at radius 2 is 1.92 bits per heavy atom. The molecule has 13 heavy (non-hydrogen) atoms. The van der Waals surface area contributed by atoms with E-state index < -0.39 is 0 Å². The molecule has 0 aromatic heterocycles. The fourth-order valence-electron chi connectivity index (χ4n) is 2.72. The maximum absolute atomic E-state index is 10.4. The smallest absolute Gasteiger partial charge is 0.0668 e. The van der Waals surface area contributed by atoms with Gasteiger partial charge < -0.3 is 5.11 Å². The van der Waals surface area contributed by atoms with Gasteiger partial charge in [-0.25, -0.2) is 0 Å². The molecule has 0 spiro atoms. The van der Waals surface area contributed by atoms with Gasteiger partial charge in [-0.05, 0) is 32.1 Å². The number of hydrogen-bond donors (Lipinski definition) is 1. The fourth-order valence-corrected chi connectivity index (χ4v) is 4.62. The van der Waals surface area contributed by atoms with Gasteiger partial charge in [-0.2, -0.15) is 11.8 Å². The standard InChI is InChI=1S/C11H20OS/c1-2-3-6-11(12)7-9-4-5-10(8-11)13-9/h9-10,12H,2-8H2,1H3. The third kappa shape index (κ3) is 2.21. The van der Waals surface area contributed by atoms with Gasteiger partial charge in [0.1, 0.15) is 0 Å². The summed E-state index contributed by atoms with van der Waals surface area (Å²) in [5.74, 6) is 0. The monoisotopic (exact) mass is 200 g/mol. The van der Waals surface area contributed by atoms with Crippen molar-refractivity contribution >= 4 is 11.8 Å². The topological polar surface area (TPSA) is 20.2 Å². The van der Waals surface area contributed by atoms with Gasteiger partial charge in [0.05, 0.1) is 5.60 Å². The van der Waals surface area contributed by atoms with Crippen LogP contribution in [-0.2, 0) is 0 Å². The van der Waals surface area contributed by atoms with Gasteiger partial charge in [0.25, 0.3) is 0 Å². The first-order valence-electron chi connectivity index (χ1n) is 5.60. The molecule has 2 atom stereocenters. The number of fused-ring (bicyclic) bond motifs is 2. The lowest BCUT2D eigenvalue weighted by Gasteiger charge is -2.36. The summed E-state index contributed by atoms with van der Waals surface area (Å²) < 4.78 is 0. The molecule has 2 unspecified atom stereocenters. The molecule has 0 aliphatic carbocycles. The molecule has 2 aliphatic heterocycles. The van der Waals surface area contributed by atoms with Gasteiger partial charge in [-0.3, -0.25) is 0 Å². The number of aliphatic hydroxyl groups is 1. The van der Waals surface area contributed by atoms with Crippen molar-refractivity contribution in [3.05, 3.63) is 0 Å². The molecule has 0 amide bonds. The molecule has 0 saturated carbocycles. The number of thioether (sulfide) groups is 1. The van der Waals surface area contributed by atoms with Crippen LogP contribution >= 0.6 is 11.8 Å². The average Bonchev–Trinajstić information content (AvgIpc) is 2.43. The van der Waals surface area contributed by atoms with E-state index in [1.54, 1.807) is 0 Å². The number of unbranched alkanes of at least 4 members (excludes halogenated alkanes) is 1. The van der Waals surface area contributed by atoms with Crippen LogP contribution in [0.15, 0.2) is 0 Å². The quantitative estimate of drug-likeness (QED) is 0.756. The van der Waals surface area contributed by atoms with Crippen molar-refractivity contribution < 1.29 is 5.11 Å². The van der Waals surface area contributed by atoms with E-state index in [-0.39, 0.29) is 5.60 Å². The lowest BCUT2D eigenvalue weighted by atomic mass is 9.88. The average molecular weight is 200 g/mol. The molecule has 2 bridgehead atoms. The summed E-state index contributed by atoms with van der Waals surface area (Å²) in [5.41, 5.74) is -0.285. The number of hydrogen-bond acceptors (Lipinski definition) is 2. The Morgan fingerprint density at radius 1 is 1.31 bits per heavy atom. The largest absolute Gasteiger partial charge is 0.390 e. The maximum atomic E-state index is 10.4. The van der Waals surface area contributed by atoms with Crippen molar-refractivity contribution in [1.82, 2.24) is 0 Å². The van der Waals surface area contributed by atoms with Crippen LogP contribution in [0.4, 0.5) is 0 Å². The summed E-state index contributed by atoms with van der Waals surface area (Å²) in [7, 11) is 0. The highest BCUT2D eigenvalue weighted by molar-refractivity contribution is 8.00. The van der Waals surface area contributed by atoms with Crippen molar-refractivity contribution in [1.29, 1.82) is 0 Å². The van der Waals surface area contributed by atoms with Crippen molar-refractivity contribution in [2.75, 3.05) is 0 Å². The molecule has 0 aromatic carbocycles. The Bertz CT molecular complexity index is 169. The Labute approximate surface area is 85.3 Å². The third-order valence-electron chi connectivity index (χ3n) is 3.41. The summed E-state index contributed by atoms with van der Waals surface area (Å²) in [6.45, 7) is 2.20. The first-order valence-corrected chi connectivity index (χ1v) is 6.54. The van der Waals surface area contributed by atoms with Crippen LogP contribution in [0, 0.1) is 0 Å².